The molecule has 3 fully saturated rings. The predicted molar refractivity (Wildman–Crippen MR) is 277 cm³/mol. The maximum atomic E-state index is 16.9. The van der Waals surface area contributed by atoms with Crippen molar-refractivity contribution in [3.63, 3.8) is 0 Å². The summed E-state index contributed by atoms with van der Waals surface area (Å²) in [6, 6.07) is 42.7. The molecule has 0 aliphatic carbocycles. The molecule has 6 amide bonds. The highest BCUT2D eigenvalue weighted by molar-refractivity contribution is 6.21. The molecule has 7 atom stereocenters. The number of benzene rings is 6. The first-order valence-corrected chi connectivity index (χ1v) is 24.6. The number of hydrogen-bond acceptors (Lipinski definition) is 11. The number of aliphatic hydroxyl groups is 1. The zero-order valence-electron chi connectivity index (χ0n) is 40.6. The smallest absolute Gasteiger partial charge is 0.329 e. The van der Waals surface area contributed by atoms with Crippen LogP contribution in [0.15, 0.2) is 158 Å². The van der Waals surface area contributed by atoms with Gasteiger partial charge in [-0.2, -0.15) is 0 Å². The minimum Gasteiger partial charge on any atom is -0.491 e. The number of urea groups is 2. The fraction of sp³-hybridized carbons (Fsp3) is 0.259. The van der Waals surface area contributed by atoms with E-state index < -0.39 is 71.5 Å². The third kappa shape index (κ3) is 9.28. The van der Waals surface area contributed by atoms with Gasteiger partial charge in [0.15, 0.2) is 0 Å². The molecule has 6 aromatic rings. The van der Waals surface area contributed by atoms with Gasteiger partial charge in [-0.3, -0.25) is 19.3 Å². The number of cyclic esters (lactones) is 1. The van der Waals surface area contributed by atoms with Crippen LogP contribution in [0, 0.1) is 17.8 Å². The fourth-order valence-corrected chi connectivity index (χ4v) is 11.0. The molecule has 4 aliphatic rings. The third-order valence-corrected chi connectivity index (χ3v) is 14.2. The molecular formula is C58H55N7O9. The van der Waals surface area contributed by atoms with Gasteiger partial charge >= 0.3 is 18.0 Å². The number of carbonyl (C=O) groups is 5. The molecule has 4 aliphatic heterocycles. The van der Waals surface area contributed by atoms with E-state index in [2.05, 4.69) is 32.7 Å². The van der Waals surface area contributed by atoms with Gasteiger partial charge in [-0.1, -0.05) is 115 Å². The zero-order valence-corrected chi connectivity index (χ0v) is 40.6. The number of hydrogen-bond donors (Lipinski definition) is 5. The average molecular weight is 994 g/mol. The molecule has 0 unspecified atom stereocenters. The van der Waals surface area contributed by atoms with Crippen molar-refractivity contribution in [3.8, 4) is 17.6 Å². The number of nitrogens with zero attached hydrogens (tertiary/aromatic N) is 3. The van der Waals surface area contributed by atoms with Crippen LogP contribution >= 0.6 is 0 Å². The normalized spacial score (nSPS) is 22.4. The SMILES string of the molecule is C[C@H](NC(=O)N1C(=O)[C@]2(c3ccc(OCCO)cc3)[C@@H](c3cc(C#CCNC(N)=O)ccc31)[C@@H](C(=O)Nc1ccc(N3CCOCC3)cc1)[C@@H]1C(=O)O[C@@H](c3ccccc3)[C@@H](c3ccccc3)N12)c1ccccc1. The first-order valence-electron chi connectivity index (χ1n) is 24.6. The average Bonchev–Trinajstić information content (AvgIpc) is 3.77. The summed E-state index contributed by atoms with van der Waals surface area (Å²) >= 11 is 0. The van der Waals surface area contributed by atoms with Gasteiger partial charge in [-0.15, -0.1) is 0 Å². The van der Waals surface area contributed by atoms with E-state index in [4.69, 9.17) is 19.9 Å². The van der Waals surface area contributed by atoms with Crippen LogP contribution in [0.1, 0.15) is 64.4 Å². The van der Waals surface area contributed by atoms with Gasteiger partial charge in [0.25, 0.3) is 5.91 Å². The van der Waals surface area contributed by atoms with Gasteiger partial charge in [0, 0.05) is 35.9 Å². The lowest BCUT2D eigenvalue weighted by Gasteiger charge is -2.53. The van der Waals surface area contributed by atoms with Crippen LogP contribution in [0.2, 0.25) is 0 Å². The first-order chi connectivity index (χ1) is 36.1. The zero-order chi connectivity index (χ0) is 51.3. The number of imide groups is 1. The van der Waals surface area contributed by atoms with Crippen molar-refractivity contribution >= 4 is 46.9 Å². The van der Waals surface area contributed by atoms with E-state index in [-0.39, 0.29) is 25.4 Å². The quantitative estimate of drug-likeness (QED) is 0.0646. The Bertz CT molecular complexity index is 3090. The van der Waals surface area contributed by atoms with Crippen molar-refractivity contribution in [1.29, 1.82) is 0 Å². The Balaban J connectivity index is 1.23. The Morgan fingerprint density at radius 2 is 1.49 bits per heavy atom. The molecule has 0 bridgehead atoms. The number of ether oxygens (including phenoxy) is 3. The fourth-order valence-electron chi connectivity index (χ4n) is 11.0. The summed E-state index contributed by atoms with van der Waals surface area (Å²) in [5.74, 6) is 1.76. The highest BCUT2D eigenvalue weighted by atomic mass is 16.6. The van der Waals surface area contributed by atoms with E-state index in [9.17, 15) is 9.90 Å². The molecular weight excluding hydrogens is 939 g/mol. The first kappa shape index (κ1) is 49.1. The summed E-state index contributed by atoms with van der Waals surface area (Å²) in [6.45, 7) is 4.09. The number of fused-ring (bicyclic) bond motifs is 5. The van der Waals surface area contributed by atoms with Crippen molar-refractivity contribution < 1.29 is 43.3 Å². The number of morpholine rings is 2. The van der Waals surface area contributed by atoms with Gasteiger partial charge in [0.2, 0.25) is 5.91 Å². The summed E-state index contributed by atoms with van der Waals surface area (Å²) in [6.07, 6.45) is -1.02. The number of primary amides is 1. The molecule has 0 saturated carbocycles. The molecule has 16 nitrogen and oxygen atoms in total. The summed E-state index contributed by atoms with van der Waals surface area (Å²) in [5.41, 5.74) is 8.14. The number of rotatable bonds is 12. The molecule has 0 spiro atoms. The second-order valence-electron chi connectivity index (χ2n) is 18.5. The number of amides is 6. The van der Waals surface area contributed by atoms with Gasteiger partial charge in [-0.25, -0.2) is 14.5 Å². The Morgan fingerprint density at radius 3 is 2.15 bits per heavy atom. The molecule has 0 aromatic heterocycles. The molecule has 4 heterocycles. The number of nitrogens with two attached hydrogens (primary N) is 1. The van der Waals surface area contributed by atoms with Crippen LogP contribution in [0.25, 0.3) is 0 Å². The van der Waals surface area contributed by atoms with Gasteiger partial charge < -0.3 is 45.9 Å². The Labute approximate surface area is 428 Å². The summed E-state index contributed by atoms with van der Waals surface area (Å²) in [5, 5.41) is 18.4. The molecule has 6 N–H and O–H groups in total. The van der Waals surface area contributed by atoms with Gasteiger partial charge in [0.05, 0.1) is 50.1 Å². The van der Waals surface area contributed by atoms with E-state index in [1.165, 1.54) is 0 Å². The lowest BCUT2D eigenvalue weighted by atomic mass is 9.66. The highest BCUT2D eigenvalue weighted by Crippen LogP contribution is 2.65. The Kier molecular flexibility index (Phi) is 14.1. The standard InChI is InChI=1S/C58H55N7O9/c1-37(39-13-5-2-6-14-39)61-57(71)64-47-28-19-38(12-11-29-60-56(59)70)36-46(47)49-48(53(67)62-43-22-24-44(25-23-43)63-30-33-72-34-31-63)51-54(68)74-52(41-17-9-4-10-18-41)50(40-15-7-3-8-16-40)65(51)58(49,55(64)69)42-20-26-45(27-21-42)73-35-32-66/h2-10,13-28,36-37,48-52,66H,29-35H2,1H3,(H,61,71)(H,62,67)(H3,59,60,70)/t37-,48+,49-,50+,51+,52-,58-/m0/s1. The van der Waals surface area contributed by atoms with Crippen molar-refractivity contribution in [2.75, 3.05) is 61.2 Å². The van der Waals surface area contributed by atoms with Gasteiger partial charge in [0.1, 0.15) is 30.0 Å². The summed E-state index contributed by atoms with van der Waals surface area (Å²) in [7, 11) is 0. The second kappa shape index (κ2) is 21.3. The summed E-state index contributed by atoms with van der Waals surface area (Å²) in [4.78, 5) is 80.6. The number of carbonyl (C=O) groups excluding carboxylic acids is 5. The van der Waals surface area contributed by atoms with E-state index in [0.717, 1.165) is 16.2 Å². The minimum absolute atomic E-state index is 0.00368. The highest BCUT2D eigenvalue weighted by Gasteiger charge is 2.74. The van der Waals surface area contributed by atoms with E-state index in [0.29, 0.717) is 65.6 Å². The van der Waals surface area contributed by atoms with Crippen molar-refractivity contribution in [1.82, 2.24) is 15.5 Å². The van der Waals surface area contributed by atoms with Crippen molar-refractivity contribution in [3.05, 3.63) is 191 Å². The van der Waals surface area contributed by atoms with Crippen LogP contribution in [0.5, 0.6) is 5.75 Å². The number of nitrogens with one attached hydrogen (secondary N) is 3. The third-order valence-electron chi connectivity index (χ3n) is 14.2. The molecule has 16 heteroatoms. The van der Waals surface area contributed by atoms with E-state index >= 15 is 19.2 Å². The van der Waals surface area contributed by atoms with Crippen LogP contribution in [0.4, 0.5) is 26.7 Å². The lowest BCUT2D eigenvalue weighted by molar-refractivity contribution is -0.183. The number of aliphatic hydroxyl groups excluding tert-OH is 1. The molecule has 3 saturated heterocycles. The van der Waals surface area contributed by atoms with Crippen LogP contribution in [-0.2, 0) is 29.4 Å². The predicted octanol–water partition coefficient (Wildman–Crippen LogP) is 6.69. The van der Waals surface area contributed by atoms with Crippen LogP contribution in [-0.4, -0.2) is 92.0 Å². The number of esters is 1. The topological polar surface area (TPSA) is 205 Å². The summed E-state index contributed by atoms with van der Waals surface area (Å²) < 4.78 is 18.1. The van der Waals surface area contributed by atoms with Crippen LogP contribution in [0.3, 0.4) is 0 Å². The molecule has 6 aromatic carbocycles. The monoisotopic (exact) mass is 993 g/mol. The van der Waals surface area contributed by atoms with Crippen LogP contribution < -0.4 is 36.2 Å². The number of anilines is 3. The maximum Gasteiger partial charge on any atom is 0.329 e. The van der Waals surface area contributed by atoms with Gasteiger partial charge in [-0.05, 0) is 89.3 Å². The Hall–Kier alpha value is -8.49. The maximum absolute atomic E-state index is 16.9. The second-order valence-corrected chi connectivity index (χ2v) is 18.5. The van der Waals surface area contributed by atoms with Crippen molar-refractivity contribution in [2.45, 2.75) is 42.6 Å². The molecule has 0 radical (unpaired) electrons. The van der Waals surface area contributed by atoms with E-state index in [1.54, 1.807) is 54.6 Å². The lowest BCUT2D eigenvalue weighted by Crippen LogP contribution is -2.65. The Morgan fingerprint density at radius 1 is 0.824 bits per heavy atom. The largest absolute Gasteiger partial charge is 0.491 e. The van der Waals surface area contributed by atoms with Crippen molar-refractivity contribution in [2.24, 2.45) is 11.7 Å². The molecule has 376 valence electrons. The minimum atomic E-state index is -2.05. The molecule has 10 rings (SSSR count). The van der Waals surface area contributed by atoms with E-state index in [1.807, 2.05) is 115 Å². The molecule has 74 heavy (non-hydrogen) atoms.